The molecule has 0 aliphatic heterocycles. The predicted molar refractivity (Wildman–Crippen MR) is 149 cm³/mol. The summed E-state index contributed by atoms with van der Waals surface area (Å²) in [7, 11) is 0. The topological polar surface area (TPSA) is 3.24 Å². The minimum Gasteiger partial charge on any atom is -0.311 e. The van der Waals surface area contributed by atoms with Crippen molar-refractivity contribution in [3.63, 3.8) is 0 Å². The molecule has 0 aliphatic carbocycles. The van der Waals surface area contributed by atoms with Crippen LogP contribution in [-0.4, -0.2) is 0 Å². The summed E-state index contributed by atoms with van der Waals surface area (Å²) >= 11 is 3.70. The molecule has 0 aromatic heterocycles. The highest BCUT2D eigenvalue weighted by Crippen LogP contribution is 2.37. The third kappa shape index (κ3) is 3.76. The Bertz CT molecular complexity index is 1550. The van der Waals surface area contributed by atoms with E-state index >= 15 is 0 Å². The fourth-order valence-electron chi connectivity index (χ4n) is 4.66. The number of halogens is 1. The van der Waals surface area contributed by atoms with E-state index in [2.05, 4.69) is 154 Å². The standard InChI is InChI=1S/C32H22BrN/c33-32-16-8-10-25-21-30-24(22-31(25)32)9-7-15-29(30)23-17-19-28(20-18-23)34(26-11-3-1-4-12-26)27-13-5-2-6-14-27/h1-22H. The van der Waals surface area contributed by atoms with E-state index in [1.54, 1.807) is 0 Å². The highest BCUT2D eigenvalue weighted by Gasteiger charge is 2.13. The zero-order valence-corrected chi connectivity index (χ0v) is 20.1. The third-order valence-electron chi connectivity index (χ3n) is 6.29. The summed E-state index contributed by atoms with van der Waals surface area (Å²) in [5.74, 6) is 0. The van der Waals surface area contributed by atoms with Gasteiger partial charge in [0.25, 0.3) is 0 Å². The van der Waals surface area contributed by atoms with Crippen LogP contribution >= 0.6 is 15.9 Å². The number of anilines is 3. The van der Waals surface area contributed by atoms with Crippen LogP contribution in [0.4, 0.5) is 17.1 Å². The molecular formula is C32H22BrN. The highest BCUT2D eigenvalue weighted by atomic mass is 79.9. The van der Waals surface area contributed by atoms with Crippen molar-refractivity contribution in [3.8, 4) is 11.1 Å². The van der Waals surface area contributed by atoms with Crippen molar-refractivity contribution in [2.75, 3.05) is 4.90 Å². The molecule has 0 aliphatic rings. The number of hydrogen-bond donors (Lipinski definition) is 0. The number of rotatable bonds is 4. The molecule has 0 fully saturated rings. The fraction of sp³-hybridized carbons (Fsp3) is 0. The first-order chi connectivity index (χ1) is 16.8. The van der Waals surface area contributed by atoms with Gasteiger partial charge in [-0.25, -0.2) is 0 Å². The second-order valence-corrected chi connectivity index (χ2v) is 9.25. The van der Waals surface area contributed by atoms with Crippen LogP contribution in [0.3, 0.4) is 0 Å². The van der Waals surface area contributed by atoms with Gasteiger partial charge in [-0.3, -0.25) is 0 Å². The molecule has 2 heteroatoms. The Kier molecular flexibility index (Phi) is 5.37. The Morgan fingerprint density at radius 2 is 0.971 bits per heavy atom. The summed E-state index contributed by atoms with van der Waals surface area (Å²) in [5, 5.41) is 4.99. The second kappa shape index (κ2) is 8.81. The van der Waals surface area contributed by atoms with Crippen molar-refractivity contribution in [2.24, 2.45) is 0 Å². The van der Waals surface area contributed by atoms with E-state index in [0.29, 0.717) is 0 Å². The van der Waals surface area contributed by atoms with E-state index in [1.165, 1.54) is 32.7 Å². The molecule has 0 atom stereocenters. The minimum atomic E-state index is 1.13. The molecule has 0 bridgehead atoms. The SMILES string of the molecule is Brc1cccc2cc3c(-c4ccc(N(c5ccccc5)c5ccccc5)cc4)cccc3cc12. The molecule has 0 N–H and O–H groups in total. The normalized spacial score (nSPS) is 11.1. The van der Waals surface area contributed by atoms with Crippen LogP contribution in [0, 0.1) is 0 Å². The van der Waals surface area contributed by atoms with Gasteiger partial charge >= 0.3 is 0 Å². The molecule has 6 aromatic carbocycles. The van der Waals surface area contributed by atoms with Gasteiger partial charge in [0, 0.05) is 21.5 Å². The van der Waals surface area contributed by atoms with E-state index < -0.39 is 0 Å². The van der Waals surface area contributed by atoms with E-state index in [1.807, 2.05) is 0 Å². The summed E-state index contributed by atoms with van der Waals surface area (Å²) in [6, 6.07) is 47.4. The van der Waals surface area contributed by atoms with Gasteiger partial charge in [0.1, 0.15) is 0 Å². The fourth-order valence-corrected chi connectivity index (χ4v) is 5.15. The number of nitrogens with zero attached hydrogens (tertiary/aromatic N) is 1. The molecule has 0 unspecified atom stereocenters. The van der Waals surface area contributed by atoms with Crippen LogP contribution < -0.4 is 4.90 Å². The molecule has 34 heavy (non-hydrogen) atoms. The number of benzene rings is 6. The zero-order valence-electron chi connectivity index (χ0n) is 18.5. The van der Waals surface area contributed by atoms with Crippen molar-refractivity contribution >= 4 is 54.5 Å². The van der Waals surface area contributed by atoms with Gasteiger partial charge in [-0.2, -0.15) is 0 Å². The monoisotopic (exact) mass is 499 g/mol. The Morgan fingerprint density at radius 1 is 0.441 bits per heavy atom. The first-order valence-electron chi connectivity index (χ1n) is 11.4. The summed E-state index contributed by atoms with van der Waals surface area (Å²) in [6.07, 6.45) is 0. The van der Waals surface area contributed by atoms with E-state index in [-0.39, 0.29) is 0 Å². The van der Waals surface area contributed by atoms with Gasteiger partial charge in [0.15, 0.2) is 0 Å². The third-order valence-corrected chi connectivity index (χ3v) is 6.98. The maximum absolute atomic E-state index is 3.70. The second-order valence-electron chi connectivity index (χ2n) is 8.39. The molecule has 6 aromatic rings. The van der Waals surface area contributed by atoms with Crippen molar-refractivity contribution in [1.29, 1.82) is 0 Å². The Hall–Kier alpha value is -3.88. The van der Waals surface area contributed by atoms with Crippen LogP contribution in [0.15, 0.2) is 138 Å². The van der Waals surface area contributed by atoms with Crippen LogP contribution in [0.5, 0.6) is 0 Å². The molecule has 0 saturated carbocycles. The number of fused-ring (bicyclic) bond motifs is 2. The lowest BCUT2D eigenvalue weighted by Gasteiger charge is -2.25. The van der Waals surface area contributed by atoms with Crippen molar-refractivity contribution in [2.45, 2.75) is 0 Å². The van der Waals surface area contributed by atoms with Crippen LogP contribution in [0.2, 0.25) is 0 Å². The van der Waals surface area contributed by atoms with Gasteiger partial charge in [0.05, 0.1) is 0 Å². The molecule has 0 heterocycles. The number of para-hydroxylation sites is 2. The first-order valence-corrected chi connectivity index (χ1v) is 12.2. The molecule has 0 radical (unpaired) electrons. The lowest BCUT2D eigenvalue weighted by atomic mass is 9.95. The molecule has 0 saturated heterocycles. The van der Waals surface area contributed by atoms with Crippen molar-refractivity contribution < 1.29 is 0 Å². The summed E-state index contributed by atoms with van der Waals surface area (Å²) in [5.41, 5.74) is 5.88. The van der Waals surface area contributed by atoms with Crippen LogP contribution in [0.1, 0.15) is 0 Å². The average Bonchev–Trinajstić information content (AvgIpc) is 2.90. The molecule has 6 rings (SSSR count). The van der Waals surface area contributed by atoms with Crippen molar-refractivity contribution in [3.05, 3.63) is 138 Å². The molecule has 1 nitrogen and oxygen atoms in total. The Morgan fingerprint density at radius 3 is 1.62 bits per heavy atom. The van der Waals surface area contributed by atoms with Crippen molar-refractivity contribution in [1.82, 2.24) is 0 Å². The lowest BCUT2D eigenvalue weighted by Crippen LogP contribution is -2.09. The lowest BCUT2D eigenvalue weighted by molar-refractivity contribution is 1.28. The first kappa shape index (κ1) is 20.7. The highest BCUT2D eigenvalue weighted by molar-refractivity contribution is 9.10. The largest absolute Gasteiger partial charge is 0.311 e. The van der Waals surface area contributed by atoms with E-state index in [4.69, 9.17) is 0 Å². The zero-order chi connectivity index (χ0) is 22.9. The van der Waals surface area contributed by atoms with Gasteiger partial charge in [-0.15, -0.1) is 0 Å². The van der Waals surface area contributed by atoms with Crippen LogP contribution in [0.25, 0.3) is 32.7 Å². The van der Waals surface area contributed by atoms with Gasteiger partial charge in [0.2, 0.25) is 0 Å². The molecular weight excluding hydrogens is 478 g/mol. The molecule has 162 valence electrons. The minimum absolute atomic E-state index is 1.13. The number of hydrogen-bond acceptors (Lipinski definition) is 1. The Labute approximate surface area is 208 Å². The Balaban J connectivity index is 1.46. The molecule has 0 amide bonds. The van der Waals surface area contributed by atoms with E-state index in [0.717, 1.165) is 21.5 Å². The summed E-state index contributed by atoms with van der Waals surface area (Å²) in [6.45, 7) is 0. The average molecular weight is 500 g/mol. The van der Waals surface area contributed by atoms with Gasteiger partial charge in [-0.05, 0) is 87.3 Å². The summed E-state index contributed by atoms with van der Waals surface area (Å²) in [4.78, 5) is 2.29. The van der Waals surface area contributed by atoms with Gasteiger partial charge < -0.3 is 4.90 Å². The van der Waals surface area contributed by atoms with E-state index in [9.17, 15) is 0 Å². The van der Waals surface area contributed by atoms with Crippen LogP contribution in [-0.2, 0) is 0 Å². The van der Waals surface area contributed by atoms with Gasteiger partial charge in [-0.1, -0.05) is 94.8 Å². The molecule has 0 spiro atoms. The summed E-state index contributed by atoms with van der Waals surface area (Å²) < 4.78 is 1.13. The maximum atomic E-state index is 3.70. The maximum Gasteiger partial charge on any atom is 0.0462 e. The quantitative estimate of drug-likeness (QED) is 0.218. The predicted octanol–water partition coefficient (Wildman–Crippen LogP) is 9.89. The smallest absolute Gasteiger partial charge is 0.0462 e.